The standard InChI is InChI=1S/C14H22N2O2S/c1-11-3-5-13(6-4-11)12(2)16-19(17,18)10-9-15-14-7-8-14/h3-6,12,14-16H,7-10H2,1-2H3. The molecule has 1 aliphatic carbocycles. The number of hydrogen-bond acceptors (Lipinski definition) is 3. The Bertz CT molecular complexity index is 507. The number of nitrogens with one attached hydrogen (secondary N) is 2. The van der Waals surface area contributed by atoms with Gasteiger partial charge in [0.2, 0.25) is 10.0 Å². The molecule has 1 unspecified atom stereocenters. The van der Waals surface area contributed by atoms with Crippen molar-refractivity contribution >= 4 is 10.0 Å². The first kappa shape index (κ1) is 14.5. The fourth-order valence-electron chi connectivity index (χ4n) is 1.94. The maximum absolute atomic E-state index is 11.9. The zero-order valence-electron chi connectivity index (χ0n) is 11.5. The lowest BCUT2D eigenvalue weighted by Crippen LogP contribution is -2.34. The van der Waals surface area contributed by atoms with Crippen LogP contribution in [0.1, 0.15) is 36.9 Å². The summed E-state index contributed by atoms with van der Waals surface area (Å²) >= 11 is 0. The van der Waals surface area contributed by atoms with Crippen LogP contribution in [0.25, 0.3) is 0 Å². The maximum Gasteiger partial charge on any atom is 0.213 e. The van der Waals surface area contributed by atoms with Crippen molar-refractivity contribution in [1.82, 2.24) is 10.0 Å². The van der Waals surface area contributed by atoms with Crippen molar-refractivity contribution in [2.24, 2.45) is 0 Å². The van der Waals surface area contributed by atoms with E-state index in [0.29, 0.717) is 12.6 Å². The van der Waals surface area contributed by atoms with E-state index in [0.717, 1.165) is 5.56 Å². The van der Waals surface area contributed by atoms with E-state index < -0.39 is 10.0 Å². The largest absolute Gasteiger partial charge is 0.313 e. The Labute approximate surface area is 115 Å². The number of hydrogen-bond donors (Lipinski definition) is 2. The van der Waals surface area contributed by atoms with Gasteiger partial charge in [-0.3, -0.25) is 0 Å². The minimum Gasteiger partial charge on any atom is -0.313 e. The fourth-order valence-corrected chi connectivity index (χ4v) is 3.12. The van der Waals surface area contributed by atoms with Gasteiger partial charge in [0.1, 0.15) is 0 Å². The van der Waals surface area contributed by atoms with E-state index in [9.17, 15) is 8.42 Å². The molecule has 2 N–H and O–H groups in total. The smallest absolute Gasteiger partial charge is 0.213 e. The van der Waals surface area contributed by atoms with Crippen molar-refractivity contribution in [2.45, 2.75) is 38.8 Å². The third-order valence-corrected chi connectivity index (χ3v) is 4.77. The lowest BCUT2D eigenvalue weighted by molar-refractivity contribution is 0.562. The van der Waals surface area contributed by atoms with Crippen LogP contribution < -0.4 is 10.0 Å². The molecule has 1 aromatic rings. The van der Waals surface area contributed by atoms with Crippen molar-refractivity contribution in [2.75, 3.05) is 12.3 Å². The van der Waals surface area contributed by atoms with Gasteiger partial charge in [-0.15, -0.1) is 0 Å². The summed E-state index contributed by atoms with van der Waals surface area (Å²) in [4.78, 5) is 0. The zero-order chi connectivity index (χ0) is 13.9. The Kier molecular flexibility index (Phi) is 4.60. The van der Waals surface area contributed by atoms with Gasteiger partial charge in [-0.1, -0.05) is 29.8 Å². The molecule has 1 aliphatic rings. The molecule has 0 radical (unpaired) electrons. The Morgan fingerprint density at radius 3 is 2.47 bits per heavy atom. The molecule has 0 aliphatic heterocycles. The molecule has 1 atom stereocenters. The van der Waals surface area contributed by atoms with Crippen molar-refractivity contribution < 1.29 is 8.42 Å². The summed E-state index contributed by atoms with van der Waals surface area (Å²) < 4.78 is 26.6. The summed E-state index contributed by atoms with van der Waals surface area (Å²) in [5.41, 5.74) is 2.16. The van der Waals surface area contributed by atoms with Crippen LogP contribution in [0.15, 0.2) is 24.3 Å². The van der Waals surface area contributed by atoms with Crippen LogP contribution >= 0.6 is 0 Å². The molecule has 1 saturated carbocycles. The van der Waals surface area contributed by atoms with E-state index in [2.05, 4.69) is 10.0 Å². The van der Waals surface area contributed by atoms with E-state index in [1.165, 1.54) is 18.4 Å². The highest BCUT2D eigenvalue weighted by Gasteiger charge is 2.21. The van der Waals surface area contributed by atoms with Crippen LogP contribution in [0.4, 0.5) is 0 Å². The number of rotatable bonds is 7. The molecule has 0 bridgehead atoms. The predicted molar refractivity (Wildman–Crippen MR) is 77.5 cm³/mol. The van der Waals surface area contributed by atoms with E-state index in [1.54, 1.807) is 0 Å². The molecule has 2 rings (SSSR count). The van der Waals surface area contributed by atoms with Crippen LogP contribution in [-0.2, 0) is 10.0 Å². The summed E-state index contributed by atoms with van der Waals surface area (Å²) in [5.74, 6) is 0.139. The summed E-state index contributed by atoms with van der Waals surface area (Å²) in [6.45, 7) is 4.42. The molecular formula is C14H22N2O2S. The number of sulfonamides is 1. The second-order valence-corrected chi connectivity index (χ2v) is 7.17. The first-order valence-corrected chi connectivity index (χ1v) is 8.41. The normalized spacial score (nSPS) is 17.4. The molecule has 19 heavy (non-hydrogen) atoms. The Balaban J connectivity index is 1.85. The molecular weight excluding hydrogens is 260 g/mol. The highest BCUT2D eigenvalue weighted by molar-refractivity contribution is 7.89. The minimum absolute atomic E-state index is 0.139. The second kappa shape index (κ2) is 6.03. The Morgan fingerprint density at radius 1 is 1.26 bits per heavy atom. The van der Waals surface area contributed by atoms with Crippen LogP contribution in [0.5, 0.6) is 0 Å². The van der Waals surface area contributed by atoms with Gasteiger partial charge >= 0.3 is 0 Å². The third-order valence-electron chi connectivity index (χ3n) is 3.31. The van der Waals surface area contributed by atoms with Crippen molar-refractivity contribution in [3.05, 3.63) is 35.4 Å². The van der Waals surface area contributed by atoms with Gasteiger partial charge in [0.05, 0.1) is 5.75 Å². The zero-order valence-corrected chi connectivity index (χ0v) is 12.3. The highest BCUT2D eigenvalue weighted by Crippen LogP contribution is 2.18. The van der Waals surface area contributed by atoms with Gasteiger partial charge in [0, 0.05) is 18.6 Å². The van der Waals surface area contributed by atoms with Crippen LogP contribution in [0, 0.1) is 6.92 Å². The average molecular weight is 282 g/mol. The molecule has 5 heteroatoms. The predicted octanol–water partition coefficient (Wildman–Crippen LogP) is 1.73. The number of aryl methyl sites for hydroxylation is 1. The van der Waals surface area contributed by atoms with Crippen LogP contribution in [0.3, 0.4) is 0 Å². The summed E-state index contributed by atoms with van der Waals surface area (Å²) in [6, 6.07) is 8.27. The van der Waals surface area contributed by atoms with Gasteiger partial charge in [0.25, 0.3) is 0 Å². The summed E-state index contributed by atoms with van der Waals surface area (Å²) in [5, 5.41) is 3.21. The summed E-state index contributed by atoms with van der Waals surface area (Å²) in [7, 11) is -3.22. The van der Waals surface area contributed by atoms with Gasteiger partial charge in [0.15, 0.2) is 0 Å². The van der Waals surface area contributed by atoms with Crippen molar-refractivity contribution in [3.63, 3.8) is 0 Å². The van der Waals surface area contributed by atoms with E-state index in [1.807, 2.05) is 38.1 Å². The molecule has 106 valence electrons. The highest BCUT2D eigenvalue weighted by atomic mass is 32.2. The lowest BCUT2D eigenvalue weighted by atomic mass is 10.1. The maximum atomic E-state index is 11.9. The lowest BCUT2D eigenvalue weighted by Gasteiger charge is -2.15. The molecule has 0 spiro atoms. The third kappa shape index (κ3) is 4.93. The molecule has 0 saturated heterocycles. The van der Waals surface area contributed by atoms with Gasteiger partial charge in [-0.2, -0.15) is 0 Å². The quantitative estimate of drug-likeness (QED) is 0.800. The van der Waals surface area contributed by atoms with Crippen LogP contribution in [-0.4, -0.2) is 26.8 Å². The first-order valence-electron chi connectivity index (χ1n) is 6.76. The van der Waals surface area contributed by atoms with Gasteiger partial charge in [-0.25, -0.2) is 13.1 Å². The van der Waals surface area contributed by atoms with Gasteiger partial charge < -0.3 is 5.32 Å². The van der Waals surface area contributed by atoms with Crippen molar-refractivity contribution in [1.29, 1.82) is 0 Å². The molecule has 1 aromatic carbocycles. The SMILES string of the molecule is Cc1ccc(C(C)NS(=O)(=O)CCNC2CC2)cc1. The molecule has 0 aromatic heterocycles. The first-order chi connectivity index (χ1) is 8.96. The second-order valence-electron chi connectivity index (χ2n) is 5.30. The van der Waals surface area contributed by atoms with Crippen LogP contribution in [0.2, 0.25) is 0 Å². The van der Waals surface area contributed by atoms with E-state index in [4.69, 9.17) is 0 Å². The Hall–Kier alpha value is -0.910. The molecule has 0 amide bonds. The van der Waals surface area contributed by atoms with Crippen molar-refractivity contribution in [3.8, 4) is 0 Å². The topological polar surface area (TPSA) is 58.2 Å². The summed E-state index contributed by atoms with van der Waals surface area (Å²) in [6.07, 6.45) is 2.35. The minimum atomic E-state index is -3.22. The van der Waals surface area contributed by atoms with E-state index in [-0.39, 0.29) is 11.8 Å². The molecule has 4 nitrogen and oxygen atoms in total. The van der Waals surface area contributed by atoms with E-state index >= 15 is 0 Å². The monoisotopic (exact) mass is 282 g/mol. The average Bonchev–Trinajstić information content (AvgIpc) is 3.13. The molecule has 1 fully saturated rings. The number of benzene rings is 1. The Morgan fingerprint density at radius 2 is 1.89 bits per heavy atom. The molecule has 0 heterocycles. The van der Waals surface area contributed by atoms with Gasteiger partial charge in [-0.05, 0) is 32.3 Å². The fraction of sp³-hybridized carbons (Fsp3) is 0.571.